The number of piperidine rings is 1. The van der Waals surface area contributed by atoms with Gasteiger partial charge in [-0.25, -0.2) is 4.39 Å². The predicted molar refractivity (Wildman–Crippen MR) is 107 cm³/mol. The van der Waals surface area contributed by atoms with Gasteiger partial charge in [0.05, 0.1) is 25.4 Å². The summed E-state index contributed by atoms with van der Waals surface area (Å²) in [6.45, 7) is 6.72. The molecular formula is C23H31FN2O3. The van der Waals surface area contributed by atoms with Crippen LogP contribution in [0.15, 0.2) is 18.2 Å². The molecule has 0 radical (unpaired) electrons. The van der Waals surface area contributed by atoms with Crippen LogP contribution < -0.4 is 10.1 Å². The van der Waals surface area contributed by atoms with Crippen molar-refractivity contribution in [3.05, 3.63) is 29.6 Å². The van der Waals surface area contributed by atoms with Crippen LogP contribution in [0.3, 0.4) is 0 Å². The van der Waals surface area contributed by atoms with Crippen LogP contribution in [0.4, 0.5) is 4.39 Å². The molecule has 0 amide bonds. The monoisotopic (exact) mass is 402 g/mol. The van der Waals surface area contributed by atoms with Crippen molar-refractivity contribution in [1.29, 1.82) is 0 Å². The molecular weight excluding hydrogens is 371 g/mol. The molecule has 1 aliphatic carbocycles. The lowest BCUT2D eigenvalue weighted by atomic mass is 9.65. The summed E-state index contributed by atoms with van der Waals surface area (Å²) in [7, 11) is 0. The average molecular weight is 403 g/mol. The van der Waals surface area contributed by atoms with E-state index in [2.05, 4.69) is 10.2 Å². The molecule has 5 aliphatic rings. The molecule has 1 atom stereocenters. The van der Waals surface area contributed by atoms with Crippen molar-refractivity contribution in [3.8, 4) is 5.75 Å². The second-order valence-corrected chi connectivity index (χ2v) is 10.1. The first-order chi connectivity index (χ1) is 14.1. The topological polar surface area (TPSA) is 43.0 Å². The van der Waals surface area contributed by atoms with E-state index in [1.807, 2.05) is 6.07 Å². The fourth-order valence-corrected chi connectivity index (χ4v) is 6.02. The lowest BCUT2D eigenvalue weighted by Gasteiger charge is -2.52. The van der Waals surface area contributed by atoms with Gasteiger partial charge in [0, 0.05) is 30.1 Å². The zero-order valence-electron chi connectivity index (χ0n) is 17.0. The number of benzene rings is 1. The van der Waals surface area contributed by atoms with E-state index in [9.17, 15) is 4.39 Å². The third-order valence-corrected chi connectivity index (χ3v) is 7.97. The molecule has 1 aromatic carbocycles. The highest BCUT2D eigenvalue weighted by Crippen LogP contribution is 2.49. The van der Waals surface area contributed by atoms with Gasteiger partial charge < -0.3 is 19.5 Å². The third kappa shape index (κ3) is 3.29. The molecule has 2 spiro atoms. The first kappa shape index (κ1) is 18.6. The van der Waals surface area contributed by atoms with Crippen molar-refractivity contribution in [2.75, 3.05) is 46.0 Å². The van der Waals surface area contributed by atoms with Gasteiger partial charge in [-0.3, -0.25) is 4.90 Å². The summed E-state index contributed by atoms with van der Waals surface area (Å²) in [5.74, 6) is 1.11. The highest BCUT2D eigenvalue weighted by molar-refractivity contribution is 5.38. The van der Waals surface area contributed by atoms with Gasteiger partial charge in [0.2, 0.25) is 0 Å². The molecule has 4 heterocycles. The van der Waals surface area contributed by atoms with E-state index in [4.69, 9.17) is 14.2 Å². The minimum atomic E-state index is -0.157. The van der Waals surface area contributed by atoms with Crippen molar-refractivity contribution < 1.29 is 18.6 Å². The van der Waals surface area contributed by atoms with Crippen LogP contribution in [0.5, 0.6) is 5.75 Å². The smallest absolute Gasteiger partial charge is 0.123 e. The lowest BCUT2D eigenvalue weighted by Crippen LogP contribution is -2.59. The Hall–Kier alpha value is -1.21. The Labute approximate surface area is 171 Å². The van der Waals surface area contributed by atoms with E-state index >= 15 is 0 Å². The molecule has 29 heavy (non-hydrogen) atoms. The highest BCUT2D eigenvalue weighted by atomic mass is 19.1. The number of ether oxygens (including phenoxy) is 3. The first-order valence-corrected chi connectivity index (χ1v) is 11.2. The van der Waals surface area contributed by atoms with E-state index < -0.39 is 0 Å². The van der Waals surface area contributed by atoms with Crippen LogP contribution in [0.2, 0.25) is 0 Å². The van der Waals surface area contributed by atoms with Gasteiger partial charge in [0.25, 0.3) is 0 Å². The zero-order valence-corrected chi connectivity index (χ0v) is 17.0. The molecule has 158 valence electrons. The molecule has 6 rings (SSSR count). The van der Waals surface area contributed by atoms with Gasteiger partial charge in [0.15, 0.2) is 0 Å². The summed E-state index contributed by atoms with van der Waals surface area (Å²) in [5, 5.41) is 3.35. The molecule has 1 N–H and O–H groups in total. The predicted octanol–water partition coefficient (Wildman–Crippen LogP) is 2.69. The van der Waals surface area contributed by atoms with Crippen LogP contribution in [-0.2, 0) is 9.47 Å². The lowest BCUT2D eigenvalue weighted by molar-refractivity contribution is -0.191. The molecule has 0 aromatic heterocycles. The van der Waals surface area contributed by atoms with Crippen molar-refractivity contribution in [2.45, 2.75) is 55.8 Å². The second-order valence-electron chi connectivity index (χ2n) is 10.1. The number of nitrogens with one attached hydrogen (secondary N) is 1. The Bertz CT molecular complexity index is 763. The van der Waals surface area contributed by atoms with Crippen molar-refractivity contribution in [1.82, 2.24) is 10.2 Å². The van der Waals surface area contributed by atoms with Gasteiger partial charge in [0.1, 0.15) is 17.7 Å². The Morgan fingerprint density at radius 1 is 1.10 bits per heavy atom. The molecule has 5 nitrogen and oxygen atoms in total. The van der Waals surface area contributed by atoms with Crippen LogP contribution in [-0.4, -0.2) is 68.6 Å². The van der Waals surface area contributed by atoms with Gasteiger partial charge >= 0.3 is 0 Å². The van der Waals surface area contributed by atoms with E-state index in [1.54, 1.807) is 6.07 Å². The molecule has 0 bridgehead atoms. The summed E-state index contributed by atoms with van der Waals surface area (Å²) >= 11 is 0. The maximum absolute atomic E-state index is 14.1. The van der Waals surface area contributed by atoms with Crippen LogP contribution in [0.1, 0.15) is 43.6 Å². The normalized spacial score (nSPS) is 31.4. The molecule has 5 fully saturated rings. The van der Waals surface area contributed by atoms with Crippen LogP contribution in [0.25, 0.3) is 0 Å². The largest absolute Gasteiger partial charge is 0.490 e. The zero-order chi connectivity index (χ0) is 19.5. The maximum atomic E-state index is 14.1. The Morgan fingerprint density at radius 3 is 2.52 bits per heavy atom. The number of likely N-dealkylation sites (tertiary alicyclic amines) is 1. The third-order valence-electron chi connectivity index (χ3n) is 7.97. The van der Waals surface area contributed by atoms with Gasteiger partial charge in [-0.15, -0.1) is 0 Å². The van der Waals surface area contributed by atoms with Crippen molar-refractivity contribution in [2.24, 2.45) is 5.41 Å². The highest BCUT2D eigenvalue weighted by Gasteiger charge is 2.51. The maximum Gasteiger partial charge on any atom is 0.123 e. The summed E-state index contributed by atoms with van der Waals surface area (Å²) in [4.78, 5) is 2.59. The van der Waals surface area contributed by atoms with E-state index in [0.717, 1.165) is 89.4 Å². The average Bonchev–Trinajstić information content (AvgIpc) is 3.10. The number of halogens is 1. The first-order valence-electron chi connectivity index (χ1n) is 11.2. The van der Waals surface area contributed by atoms with E-state index in [-0.39, 0.29) is 17.5 Å². The minimum absolute atomic E-state index is 0.108. The fourth-order valence-electron chi connectivity index (χ4n) is 6.02. The second kappa shape index (κ2) is 6.91. The van der Waals surface area contributed by atoms with Crippen molar-refractivity contribution >= 4 is 0 Å². The summed E-state index contributed by atoms with van der Waals surface area (Å²) in [5.41, 5.74) is 1.56. The number of nitrogens with zero attached hydrogens (tertiary/aromatic N) is 1. The number of rotatable bonds is 4. The summed E-state index contributed by atoms with van der Waals surface area (Å²) < 4.78 is 31.9. The Balaban J connectivity index is 1.09. The fraction of sp³-hybridized carbons (Fsp3) is 0.739. The van der Waals surface area contributed by atoms with E-state index in [1.165, 1.54) is 6.07 Å². The summed E-state index contributed by atoms with van der Waals surface area (Å²) in [6, 6.07) is 5.63. The Kier molecular flexibility index (Phi) is 4.42. The molecule has 6 heteroatoms. The Morgan fingerprint density at radius 2 is 1.90 bits per heavy atom. The van der Waals surface area contributed by atoms with Gasteiger partial charge in [-0.05, 0) is 69.3 Å². The van der Waals surface area contributed by atoms with Gasteiger partial charge in [-0.1, -0.05) is 0 Å². The molecule has 1 saturated carbocycles. The number of hydrogen-bond acceptors (Lipinski definition) is 5. The summed E-state index contributed by atoms with van der Waals surface area (Å²) in [6.07, 6.45) is 5.66. The SMILES string of the molecule is Fc1ccc(OC2CC3(COC3)C2)c(C2CCN([C@@H]3COC4(CNC4)C3)CC2)c1. The minimum Gasteiger partial charge on any atom is -0.490 e. The van der Waals surface area contributed by atoms with Crippen LogP contribution in [0, 0.1) is 11.2 Å². The quantitative estimate of drug-likeness (QED) is 0.839. The molecule has 4 aliphatic heterocycles. The standard InChI is InChI=1S/C23H31FN2O3/c24-17-1-2-21(29-19-9-22(10-19)14-27-15-22)20(7-17)16-3-5-26(6-4-16)18-8-23(28-11-18)12-25-13-23/h1-2,7,16,18-19,25H,3-6,8-15H2/t18-/m0/s1. The molecule has 0 unspecified atom stereocenters. The van der Waals surface area contributed by atoms with E-state index in [0.29, 0.717) is 17.4 Å². The van der Waals surface area contributed by atoms with Gasteiger partial charge in [-0.2, -0.15) is 0 Å². The van der Waals surface area contributed by atoms with Crippen molar-refractivity contribution in [3.63, 3.8) is 0 Å². The molecule has 4 saturated heterocycles. The number of hydrogen-bond donors (Lipinski definition) is 1. The molecule has 1 aromatic rings. The van der Waals surface area contributed by atoms with Crippen LogP contribution >= 0.6 is 0 Å².